The Balaban J connectivity index is 1.91. The Bertz CT molecular complexity index is 663. The van der Waals surface area contributed by atoms with E-state index in [9.17, 15) is 9.18 Å². The number of benzene rings is 1. The summed E-state index contributed by atoms with van der Waals surface area (Å²) in [6.07, 6.45) is 1.91. The summed E-state index contributed by atoms with van der Waals surface area (Å²) in [5.41, 5.74) is 0.265. The number of rotatable bonds is 4. The molecule has 0 radical (unpaired) electrons. The zero-order valence-corrected chi connectivity index (χ0v) is 10.8. The molecular weight excluding hydrogens is 269 g/mol. The molecule has 0 atom stereocenters. The molecule has 1 fully saturated rings. The van der Waals surface area contributed by atoms with Crippen LogP contribution in [0, 0.1) is 5.82 Å². The third kappa shape index (κ3) is 2.43. The second kappa shape index (κ2) is 4.82. The minimum Gasteiger partial charge on any atom is -0.392 e. The lowest BCUT2D eigenvalue weighted by atomic mass is 10.2. The molecule has 19 heavy (non-hydrogen) atoms. The molecular formula is C12H12FN3O2S. The largest absolute Gasteiger partial charge is 0.392 e. The third-order valence-electron chi connectivity index (χ3n) is 2.96. The van der Waals surface area contributed by atoms with E-state index in [0.29, 0.717) is 15.6 Å². The molecule has 1 aromatic carbocycles. The van der Waals surface area contributed by atoms with Crippen molar-refractivity contribution in [1.82, 2.24) is 14.8 Å². The van der Waals surface area contributed by atoms with Gasteiger partial charge >= 0.3 is 5.69 Å². The first-order chi connectivity index (χ1) is 9.19. The molecule has 7 heteroatoms. The van der Waals surface area contributed by atoms with E-state index in [4.69, 9.17) is 5.11 Å². The average molecular weight is 281 g/mol. The number of aromatic amines is 1. The Morgan fingerprint density at radius 2 is 2.32 bits per heavy atom. The monoisotopic (exact) mass is 281 g/mol. The SMILES string of the molecule is O=c1[nH]nc(Sc2ccc(CO)cc2F)n1C1CC1. The molecule has 3 rings (SSSR count). The van der Waals surface area contributed by atoms with Gasteiger partial charge in [0.1, 0.15) is 5.82 Å². The number of hydrogen-bond donors (Lipinski definition) is 2. The van der Waals surface area contributed by atoms with Crippen molar-refractivity contribution < 1.29 is 9.50 Å². The molecule has 2 aromatic rings. The first-order valence-corrected chi connectivity index (χ1v) is 6.74. The molecule has 1 aromatic heterocycles. The van der Waals surface area contributed by atoms with E-state index in [1.165, 1.54) is 6.07 Å². The highest BCUT2D eigenvalue weighted by Crippen LogP contribution is 2.38. The maximum absolute atomic E-state index is 13.8. The molecule has 1 aliphatic rings. The van der Waals surface area contributed by atoms with Crippen LogP contribution in [0.15, 0.2) is 33.0 Å². The minimum absolute atomic E-state index is 0.188. The van der Waals surface area contributed by atoms with Crippen molar-refractivity contribution in [3.05, 3.63) is 40.1 Å². The highest BCUT2D eigenvalue weighted by molar-refractivity contribution is 7.99. The summed E-state index contributed by atoms with van der Waals surface area (Å²) < 4.78 is 15.4. The Hall–Kier alpha value is -1.60. The Morgan fingerprint density at radius 1 is 1.53 bits per heavy atom. The lowest BCUT2D eigenvalue weighted by molar-refractivity contribution is 0.281. The summed E-state index contributed by atoms with van der Waals surface area (Å²) >= 11 is 1.11. The van der Waals surface area contributed by atoms with E-state index < -0.39 is 5.82 Å². The molecule has 0 aliphatic heterocycles. The maximum atomic E-state index is 13.8. The summed E-state index contributed by atoms with van der Waals surface area (Å²) in [5, 5.41) is 15.7. The molecule has 0 saturated heterocycles. The van der Waals surface area contributed by atoms with Gasteiger partial charge in [-0.1, -0.05) is 6.07 Å². The van der Waals surface area contributed by atoms with Crippen LogP contribution in [0.5, 0.6) is 0 Å². The summed E-state index contributed by atoms with van der Waals surface area (Å²) in [6.45, 7) is -0.197. The molecule has 1 aliphatic carbocycles. The maximum Gasteiger partial charge on any atom is 0.344 e. The number of nitrogens with zero attached hydrogens (tertiary/aromatic N) is 2. The van der Waals surface area contributed by atoms with E-state index in [1.807, 2.05) is 0 Å². The number of aliphatic hydroxyl groups is 1. The first kappa shape index (κ1) is 12.4. The first-order valence-electron chi connectivity index (χ1n) is 5.93. The van der Waals surface area contributed by atoms with Crippen molar-refractivity contribution in [3.63, 3.8) is 0 Å². The van der Waals surface area contributed by atoms with E-state index >= 15 is 0 Å². The van der Waals surface area contributed by atoms with Crippen LogP contribution in [-0.2, 0) is 6.61 Å². The number of halogens is 1. The fraction of sp³-hybridized carbons (Fsp3) is 0.333. The van der Waals surface area contributed by atoms with Gasteiger partial charge in [-0.05, 0) is 42.3 Å². The number of H-pyrrole nitrogens is 1. The van der Waals surface area contributed by atoms with Crippen LogP contribution in [0.2, 0.25) is 0 Å². The smallest absolute Gasteiger partial charge is 0.344 e. The lowest BCUT2D eigenvalue weighted by Gasteiger charge is -2.05. The van der Waals surface area contributed by atoms with Gasteiger partial charge in [0.2, 0.25) is 0 Å². The van der Waals surface area contributed by atoms with Crippen LogP contribution in [0.25, 0.3) is 0 Å². The van der Waals surface area contributed by atoms with Crippen molar-refractivity contribution in [2.24, 2.45) is 0 Å². The molecule has 0 unspecified atom stereocenters. The van der Waals surface area contributed by atoms with Gasteiger partial charge in [-0.25, -0.2) is 14.3 Å². The zero-order chi connectivity index (χ0) is 13.4. The quantitative estimate of drug-likeness (QED) is 0.894. The van der Waals surface area contributed by atoms with Crippen LogP contribution in [-0.4, -0.2) is 19.9 Å². The number of hydrogen-bond acceptors (Lipinski definition) is 4. The van der Waals surface area contributed by atoms with Gasteiger partial charge in [0.05, 0.1) is 11.5 Å². The number of nitrogens with one attached hydrogen (secondary N) is 1. The lowest BCUT2D eigenvalue weighted by Crippen LogP contribution is -2.16. The highest BCUT2D eigenvalue weighted by Gasteiger charge is 2.29. The van der Waals surface area contributed by atoms with Crippen molar-refractivity contribution >= 4 is 11.8 Å². The van der Waals surface area contributed by atoms with Crippen molar-refractivity contribution in [2.45, 2.75) is 35.5 Å². The van der Waals surface area contributed by atoms with Gasteiger partial charge in [-0.3, -0.25) is 4.57 Å². The fourth-order valence-electron chi connectivity index (χ4n) is 1.84. The molecule has 1 saturated carbocycles. The molecule has 100 valence electrons. The van der Waals surface area contributed by atoms with E-state index in [2.05, 4.69) is 10.2 Å². The summed E-state index contributed by atoms with van der Waals surface area (Å²) in [5.74, 6) is -0.422. The van der Waals surface area contributed by atoms with E-state index in [1.54, 1.807) is 16.7 Å². The van der Waals surface area contributed by atoms with E-state index in [0.717, 1.165) is 24.6 Å². The summed E-state index contributed by atoms with van der Waals surface area (Å²) in [6, 6.07) is 4.71. The second-order valence-electron chi connectivity index (χ2n) is 4.44. The van der Waals surface area contributed by atoms with Crippen molar-refractivity contribution in [3.8, 4) is 0 Å². The molecule has 5 nitrogen and oxygen atoms in total. The fourth-order valence-corrected chi connectivity index (χ4v) is 2.75. The Labute approximate surface area is 112 Å². The van der Waals surface area contributed by atoms with Gasteiger partial charge in [-0.15, -0.1) is 5.10 Å². The standard InChI is InChI=1S/C12H12FN3O2S/c13-9-5-7(6-17)1-4-10(9)19-12-15-14-11(18)16(12)8-2-3-8/h1,4-5,8,17H,2-3,6H2,(H,14,18). The van der Waals surface area contributed by atoms with Gasteiger partial charge in [0.25, 0.3) is 0 Å². The van der Waals surface area contributed by atoms with Gasteiger partial charge in [0.15, 0.2) is 5.16 Å². The second-order valence-corrected chi connectivity index (χ2v) is 5.45. The van der Waals surface area contributed by atoms with Gasteiger partial charge in [-0.2, -0.15) is 0 Å². The average Bonchev–Trinajstić information content (AvgIpc) is 3.17. The predicted molar refractivity (Wildman–Crippen MR) is 67.6 cm³/mol. The number of aromatic nitrogens is 3. The molecule has 0 amide bonds. The van der Waals surface area contributed by atoms with Crippen LogP contribution in [0.3, 0.4) is 0 Å². The third-order valence-corrected chi connectivity index (χ3v) is 3.99. The summed E-state index contributed by atoms with van der Waals surface area (Å²) in [7, 11) is 0. The number of aliphatic hydroxyl groups excluding tert-OH is 1. The van der Waals surface area contributed by atoms with Crippen LogP contribution in [0.1, 0.15) is 24.4 Å². The van der Waals surface area contributed by atoms with Crippen LogP contribution in [0.4, 0.5) is 4.39 Å². The normalized spacial score (nSPS) is 14.8. The Kier molecular flexibility index (Phi) is 3.16. The van der Waals surface area contributed by atoms with Gasteiger partial charge < -0.3 is 5.11 Å². The van der Waals surface area contributed by atoms with Gasteiger partial charge in [0, 0.05) is 6.04 Å². The van der Waals surface area contributed by atoms with Crippen LogP contribution < -0.4 is 5.69 Å². The molecule has 0 bridgehead atoms. The zero-order valence-electron chi connectivity index (χ0n) is 9.97. The van der Waals surface area contributed by atoms with E-state index in [-0.39, 0.29) is 18.3 Å². The molecule has 2 N–H and O–H groups in total. The minimum atomic E-state index is -0.422. The highest BCUT2D eigenvalue weighted by atomic mass is 32.2. The van der Waals surface area contributed by atoms with Crippen molar-refractivity contribution in [1.29, 1.82) is 0 Å². The molecule has 1 heterocycles. The topological polar surface area (TPSA) is 70.9 Å². The summed E-state index contributed by atoms with van der Waals surface area (Å²) in [4.78, 5) is 12.0. The van der Waals surface area contributed by atoms with Crippen LogP contribution >= 0.6 is 11.8 Å². The Morgan fingerprint density at radius 3 is 2.95 bits per heavy atom. The van der Waals surface area contributed by atoms with Crippen molar-refractivity contribution in [2.75, 3.05) is 0 Å². The molecule has 0 spiro atoms. The predicted octanol–water partition coefficient (Wildman–Crippen LogP) is 1.69.